The molecule has 0 atom stereocenters. The lowest BCUT2D eigenvalue weighted by molar-refractivity contribution is 0.617. The Hall–Kier alpha value is -2.04. The Kier molecular flexibility index (Phi) is 3.28. The summed E-state index contributed by atoms with van der Waals surface area (Å²) in [4.78, 5) is 20.4. The second kappa shape index (κ2) is 5.30. The first-order chi connectivity index (χ1) is 10.7. The first kappa shape index (κ1) is 13.6. The Morgan fingerprint density at radius 3 is 2.82 bits per heavy atom. The van der Waals surface area contributed by atoms with Crippen molar-refractivity contribution >= 4 is 5.82 Å². The molecule has 1 saturated carbocycles. The van der Waals surface area contributed by atoms with Crippen molar-refractivity contribution in [3.05, 3.63) is 41.4 Å². The van der Waals surface area contributed by atoms with Crippen molar-refractivity contribution in [3.8, 4) is 0 Å². The maximum atomic E-state index is 4.74. The molecule has 4 rings (SSSR count). The van der Waals surface area contributed by atoms with Gasteiger partial charge in [0.2, 0.25) is 0 Å². The number of nitrogens with zero attached hydrogens (tertiary/aromatic N) is 5. The summed E-state index contributed by atoms with van der Waals surface area (Å²) >= 11 is 0. The number of aromatic nitrogens is 4. The van der Waals surface area contributed by atoms with Gasteiger partial charge >= 0.3 is 0 Å². The number of rotatable bonds is 4. The van der Waals surface area contributed by atoms with Gasteiger partial charge < -0.3 is 4.90 Å². The maximum Gasteiger partial charge on any atom is 0.132 e. The largest absolute Gasteiger partial charge is 0.346 e. The van der Waals surface area contributed by atoms with Crippen LogP contribution < -0.4 is 4.90 Å². The Morgan fingerprint density at radius 1 is 1.18 bits per heavy atom. The predicted octanol–water partition coefficient (Wildman–Crippen LogP) is 2.86. The summed E-state index contributed by atoms with van der Waals surface area (Å²) in [7, 11) is 0. The van der Waals surface area contributed by atoms with E-state index in [9.17, 15) is 0 Å². The number of anilines is 1. The van der Waals surface area contributed by atoms with Crippen molar-refractivity contribution in [1.82, 2.24) is 19.9 Å². The van der Waals surface area contributed by atoms with Crippen molar-refractivity contribution in [2.24, 2.45) is 5.92 Å². The summed E-state index contributed by atoms with van der Waals surface area (Å²) in [5.74, 6) is 3.21. The van der Waals surface area contributed by atoms with Gasteiger partial charge in [-0.1, -0.05) is 13.8 Å². The van der Waals surface area contributed by atoms with Crippen molar-refractivity contribution < 1.29 is 0 Å². The van der Waals surface area contributed by atoms with Gasteiger partial charge in [-0.25, -0.2) is 19.9 Å². The molecule has 1 aliphatic carbocycles. The minimum Gasteiger partial charge on any atom is -0.346 e. The molecule has 3 heterocycles. The minimum absolute atomic E-state index is 0.582. The van der Waals surface area contributed by atoms with E-state index in [4.69, 9.17) is 4.98 Å². The van der Waals surface area contributed by atoms with Gasteiger partial charge in [0.1, 0.15) is 18.0 Å². The maximum absolute atomic E-state index is 4.74. The summed E-state index contributed by atoms with van der Waals surface area (Å²) in [5.41, 5.74) is 3.56. The molecule has 0 bridgehead atoms. The van der Waals surface area contributed by atoms with E-state index < -0.39 is 0 Å². The highest BCUT2D eigenvalue weighted by Gasteiger charge is 2.27. The standard InChI is InChI=1S/C17H21N5/c1-11(2)5-16-18-7-13-8-22(9-15(13)21-16)17-6-14(12-3-4-12)19-10-20-17/h6-7,10-12H,3-5,8-9H2,1-2H3. The van der Waals surface area contributed by atoms with Crippen LogP contribution in [0.4, 0.5) is 5.82 Å². The smallest absolute Gasteiger partial charge is 0.132 e. The van der Waals surface area contributed by atoms with Crippen molar-refractivity contribution in [2.45, 2.75) is 52.1 Å². The zero-order valence-electron chi connectivity index (χ0n) is 13.2. The SMILES string of the molecule is CC(C)Cc1ncc2c(n1)CN(c1cc(C3CC3)ncn1)C2. The van der Waals surface area contributed by atoms with E-state index >= 15 is 0 Å². The van der Waals surface area contributed by atoms with E-state index in [-0.39, 0.29) is 0 Å². The van der Waals surface area contributed by atoms with Gasteiger partial charge in [0, 0.05) is 42.4 Å². The lowest BCUT2D eigenvalue weighted by Gasteiger charge is -2.16. The lowest BCUT2D eigenvalue weighted by atomic mass is 10.1. The molecular weight excluding hydrogens is 274 g/mol. The molecule has 0 amide bonds. The van der Waals surface area contributed by atoms with Crippen LogP contribution in [0.25, 0.3) is 0 Å². The van der Waals surface area contributed by atoms with Crippen LogP contribution in [0.1, 0.15) is 55.4 Å². The van der Waals surface area contributed by atoms with Crippen LogP contribution in [0.2, 0.25) is 0 Å². The fraction of sp³-hybridized carbons (Fsp3) is 0.529. The topological polar surface area (TPSA) is 54.8 Å². The molecule has 0 N–H and O–H groups in total. The molecule has 2 aromatic heterocycles. The van der Waals surface area contributed by atoms with Gasteiger partial charge in [-0.2, -0.15) is 0 Å². The molecular formula is C17H21N5. The van der Waals surface area contributed by atoms with Crippen LogP contribution in [-0.2, 0) is 19.5 Å². The molecule has 0 spiro atoms. The Balaban J connectivity index is 1.55. The minimum atomic E-state index is 0.582. The second-order valence-corrected chi connectivity index (χ2v) is 6.79. The molecule has 114 valence electrons. The zero-order valence-corrected chi connectivity index (χ0v) is 13.2. The fourth-order valence-electron chi connectivity index (χ4n) is 2.96. The summed E-state index contributed by atoms with van der Waals surface area (Å²) in [6, 6.07) is 2.14. The molecule has 5 nitrogen and oxygen atoms in total. The van der Waals surface area contributed by atoms with Gasteiger partial charge in [-0.05, 0) is 18.8 Å². The van der Waals surface area contributed by atoms with E-state index in [0.29, 0.717) is 11.8 Å². The van der Waals surface area contributed by atoms with Crippen LogP contribution >= 0.6 is 0 Å². The summed E-state index contributed by atoms with van der Waals surface area (Å²) in [6.45, 7) is 6.06. The first-order valence-electron chi connectivity index (χ1n) is 8.09. The van der Waals surface area contributed by atoms with Gasteiger partial charge in [0.25, 0.3) is 0 Å². The van der Waals surface area contributed by atoms with E-state index in [1.165, 1.54) is 24.1 Å². The molecule has 0 saturated heterocycles. The second-order valence-electron chi connectivity index (χ2n) is 6.79. The van der Waals surface area contributed by atoms with Crippen molar-refractivity contribution in [2.75, 3.05) is 4.90 Å². The molecule has 5 heteroatoms. The molecule has 2 aliphatic rings. The van der Waals surface area contributed by atoms with E-state index in [2.05, 4.69) is 39.8 Å². The average molecular weight is 295 g/mol. The van der Waals surface area contributed by atoms with Crippen LogP contribution in [-0.4, -0.2) is 19.9 Å². The monoisotopic (exact) mass is 295 g/mol. The quantitative estimate of drug-likeness (QED) is 0.868. The fourth-order valence-corrected chi connectivity index (χ4v) is 2.96. The molecule has 22 heavy (non-hydrogen) atoms. The van der Waals surface area contributed by atoms with Crippen molar-refractivity contribution in [1.29, 1.82) is 0 Å². The van der Waals surface area contributed by atoms with Crippen LogP contribution in [0.15, 0.2) is 18.6 Å². The van der Waals surface area contributed by atoms with Gasteiger partial charge in [-0.15, -0.1) is 0 Å². The van der Waals surface area contributed by atoms with Gasteiger partial charge in [-0.3, -0.25) is 0 Å². The van der Waals surface area contributed by atoms with Gasteiger partial charge in [0.15, 0.2) is 0 Å². The summed E-state index contributed by atoms with van der Waals surface area (Å²) in [5, 5.41) is 0. The van der Waals surface area contributed by atoms with E-state index in [1.807, 2.05) is 6.20 Å². The highest BCUT2D eigenvalue weighted by atomic mass is 15.2. The van der Waals surface area contributed by atoms with Crippen LogP contribution in [0.3, 0.4) is 0 Å². The Labute approximate surface area is 130 Å². The normalized spacial score (nSPS) is 17.1. The average Bonchev–Trinajstić information content (AvgIpc) is 3.26. The molecule has 1 aliphatic heterocycles. The zero-order chi connectivity index (χ0) is 15.1. The third-order valence-electron chi connectivity index (χ3n) is 4.29. The van der Waals surface area contributed by atoms with E-state index in [0.717, 1.165) is 36.8 Å². The summed E-state index contributed by atoms with van der Waals surface area (Å²) in [6.07, 6.45) is 7.15. The Bertz CT molecular complexity index is 693. The van der Waals surface area contributed by atoms with E-state index in [1.54, 1.807) is 6.33 Å². The third-order valence-corrected chi connectivity index (χ3v) is 4.29. The number of hydrogen-bond acceptors (Lipinski definition) is 5. The molecule has 0 aromatic carbocycles. The highest BCUT2D eigenvalue weighted by Crippen LogP contribution is 2.39. The highest BCUT2D eigenvalue weighted by molar-refractivity contribution is 5.45. The number of fused-ring (bicyclic) bond motifs is 1. The van der Waals surface area contributed by atoms with Crippen molar-refractivity contribution in [3.63, 3.8) is 0 Å². The third kappa shape index (κ3) is 2.67. The molecule has 0 radical (unpaired) electrons. The van der Waals surface area contributed by atoms with Crippen LogP contribution in [0, 0.1) is 5.92 Å². The Morgan fingerprint density at radius 2 is 2.05 bits per heavy atom. The number of hydrogen-bond donors (Lipinski definition) is 0. The van der Waals surface area contributed by atoms with Gasteiger partial charge in [0.05, 0.1) is 12.2 Å². The molecule has 2 aromatic rings. The molecule has 0 unspecified atom stereocenters. The lowest BCUT2D eigenvalue weighted by Crippen LogP contribution is -2.16. The summed E-state index contributed by atoms with van der Waals surface area (Å²) < 4.78 is 0. The predicted molar refractivity (Wildman–Crippen MR) is 84.5 cm³/mol. The first-order valence-corrected chi connectivity index (χ1v) is 8.09. The van der Waals surface area contributed by atoms with Crippen LogP contribution in [0.5, 0.6) is 0 Å². The molecule has 1 fully saturated rings.